The predicted molar refractivity (Wildman–Crippen MR) is 108 cm³/mol. The molecule has 150 valence electrons. The summed E-state index contributed by atoms with van der Waals surface area (Å²) < 4.78 is 16.0. The Hall–Kier alpha value is -3.02. The van der Waals surface area contributed by atoms with Crippen LogP contribution in [0.15, 0.2) is 42.5 Å². The van der Waals surface area contributed by atoms with E-state index in [4.69, 9.17) is 14.2 Å². The molecule has 0 radical (unpaired) electrons. The minimum absolute atomic E-state index is 0.264. The molecule has 0 aromatic heterocycles. The van der Waals surface area contributed by atoms with E-state index in [0.717, 1.165) is 5.56 Å². The number of carbonyl (C=O) groups excluding carboxylic acids is 2. The Morgan fingerprint density at radius 3 is 2.32 bits per heavy atom. The number of carbonyl (C=O) groups is 2. The molecule has 1 amide bonds. The van der Waals surface area contributed by atoms with Crippen molar-refractivity contribution >= 4 is 17.6 Å². The van der Waals surface area contributed by atoms with E-state index in [1.165, 1.54) is 0 Å². The Morgan fingerprint density at radius 1 is 1.04 bits per heavy atom. The molecule has 2 aromatic carbocycles. The molecule has 0 spiro atoms. The smallest absolute Gasteiger partial charge is 0.347 e. The van der Waals surface area contributed by atoms with Gasteiger partial charge in [0, 0.05) is 5.56 Å². The van der Waals surface area contributed by atoms with E-state index in [9.17, 15) is 9.59 Å². The second-order valence-corrected chi connectivity index (χ2v) is 6.97. The molecule has 0 fully saturated rings. The molecule has 2 aromatic rings. The van der Waals surface area contributed by atoms with E-state index < -0.39 is 12.1 Å². The van der Waals surface area contributed by atoms with Gasteiger partial charge in [-0.3, -0.25) is 4.79 Å². The third-order valence-electron chi connectivity index (χ3n) is 3.92. The molecule has 0 heterocycles. The molecule has 0 aliphatic rings. The Balaban J connectivity index is 1.99. The number of hydrogen-bond donors (Lipinski definition) is 1. The lowest BCUT2D eigenvalue weighted by Gasteiger charge is -2.15. The molecule has 1 N–H and O–H groups in total. The van der Waals surface area contributed by atoms with Crippen LogP contribution in [0.4, 0.5) is 5.69 Å². The van der Waals surface area contributed by atoms with Crippen molar-refractivity contribution in [2.75, 3.05) is 19.0 Å². The summed E-state index contributed by atoms with van der Waals surface area (Å²) in [5.74, 6) is 0.661. The quantitative estimate of drug-likeness (QED) is 0.689. The monoisotopic (exact) mass is 385 g/mol. The van der Waals surface area contributed by atoms with E-state index in [-0.39, 0.29) is 11.8 Å². The average molecular weight is 385 g/mol. The summed E-state index contributed by atoms with van der Waals surface area (Å²) in [4.78, 5) is 24.4. The number of hydrogen-bond acceptors (Lipinski definition) is 5. The van der Waals surface area contributed by atoms with Crippen LogP contribution in [-0.4, -0.2) is 31.7 Å². The molecule has 0 aliphatic heterocycles. The van der Waals surface area contributed by atoms with Gasteiger partial charge in [-0.2, -0.15) is 0 Å². The maximum Gasteiger partial charge on any atom is 0.347 e. The van der Waals surface area contributed by atoms with Crippen LogP contribution in [0.25, 0.3) is 0 Å². The van der Waals surface area contributed by atoms with Gasteiger partial charge in [-0.05, 0) is 61.7 Å². The lowest BCUT2D eigenvalue weighted by molar-refractivity contribution is -0.152. The lowest BCUT2D eigenvalue weighted by Crippen LogP contribution is -2.27. The number of amides is 1. The van der Waals surface area contributed by atoms with Gasteiger partial charge in [-0.25, -0.2) is 4.79 Å². The molecule has 28 heavy (non-hydrogen) atoms. The van der Waals surface area contributed by atoms with E-state index in [1.54, 1.807) is 38.3 Å². The maximum atomic E-state index is 12.5. The number of esters is 1. The Morgan fingerprint density at radius 2 is 1.71 bits per heavy atom. The van der Waals surface area contributed by atoms with Crippen molar-refractivity contribution in [3.8, 4) is 11.5 Å². The molecule has 6 nitrogen and oxygen atoms in total. The normalized spacial score (nSPS) is 11.6. The zero-order valence-corrected chi connectivity index (χ0v) is 16.9. The summed E-state index contributed by atoms with van der Waals surface area (Å²) in [6, 6.07) is 12.1. The van der Waals surface area contributed by atoms with Gasteiger partial charge in [0.1, 0.15) is 11.5 Å². The molecule has 0 saturated heterocycles. The highest BCUT2D eigenvalue weighted by Crippen LogP contribution is 2.26. The predicted octanol–water partition coefficient (Wildman–Crippen LogP) is 4.22. The number of benzene rings is 2. The molecule has 0 aliphatic carbocycles. The highest BCUT2D eigenvalue weighted by molar-refractivity contribution is 6.05. The summed E-state index contributed by atoms with van der Waals surface area (Å²) >= 11 is 0. The van der Waals surface area contributed by atoms with Gasteiger partial charge in [0.15, 0.2) is 6.10 Å². The average Bonchev–Trinajstić information content (AvgIpc) is 2.66. The van der Waals surface area contributed by atoms with E-state index in [0.29, 0.717) is 29.4 Å². The van der Waals surface area contributed by atoms with Gasteiger partial charge < -0.3 is 19.5 Å². The SMILES string of the molecule is COc1ccc(C)cc1NC(=O)c1ccc(OC(C)C(=O)OCC(C)C)cc1. The number of nitrogens with one attached hydrogen (secondary N) is 1. The first-order valence-corrected chi connectivity index (χ1v) is 9.19. The number of ether oxygens (including phenoxy) is 3. The van der Waals surface area contributed by atoms with Crippen LogP contribution in [0.3, 0.4) is 0 Å². The van der Waals surface area contributed by atoms with Crippen molar-refractivity contribution in [1.29, 1.82) is 0 Å². The van der Waals surface area contributed by atoms with Crippen LogP contribution in [0.2, 0.25) is 0 Å². The van der Waals surface area contributed by atoms with Crippen molar-refractivity contribution in [3.05, 3.63) is 53.6 Å². The van der Waals surface area contributed by atoms with Gasteiger partial charge in [-0.15, -0.1) is 0 Å². The zero-order valence-electron chi connectivity index (χ0n) is 16.9. The molecule has 6 heteroatoms. The molecule has 2 rings (SSSR count). The van der Waals surface area contributed by atoms with E-state index in [2.05, 4.69) is 5.32 Å². The molecule has 1 unspecified atom stereocenters. The third-order valence-corrected chi connectivity index (χ3v) is 3.92. The highest BCUT2D eigenvalue weighted by Gasteiger charge is 2.17. The third kappa shape index (κ3) is 6.01. The first-order valence-electron chi connectivity index (χ1n) is 9.19. The van der Waals surface area contributed by atoms with Crippen molar-refractivity contribution in [3.63, 3.8) is 0 Å². The van der Waals surface area contributed by atoms with Crippen LogP contribution in [-0.2, 0) is 9.53 Å². The Kier molecular flexibility index (Phi) is 7.44. The number of aryl methyl sites for hydroxylation is 1. The number of methoxy groups -OCH3 is 1. The minimum Gasteiger partial charge on any atom is -0.495 e. The second kappa shape index (κ2) is 9.78. The van der Waals surface area contributed by atoms with Crippen molar-refractivity contribution in [1.82, 2.24) is 0 Å². The Bertz CT molecular complexity index is 814. The fourth-order valence-electron chi connectivity index (χ4n) is 2.42. The molecule has 0 bridgehead atoms. The van der Waals surface area contributed by atoms with Crippen LogP contribution < -0.4 is 14.8 Å². The number of anilines is 1. The second-order valence-electron chi connectivity index (χ2n) is 6.97. The topological polar surface area (TPSA) is 73.9 Å². The summed E-state index contributed by atoms with van der Waals surface area (Å²) in [5.41, 5.74) is 2.08. The van der Waals surface area contributed by atoms with E-state index >= 15 is 0 Å². The minimum atomic E-state index is -0.727. The molecular weight excluding hydrogens is 358 g/mol. The van der Waals surface area contributed by atoms with Crippen LogP contribution in [0.5, 0.6) is 11.5 Å². The highest BCUT2D eigenvalue weighted by atomic mass is 16.6. The molecule has 0 saturated carbocycles. The lowest BCUT2D eigenvalue weighted by atomic mass is 10.1. The first kappa shape index (κ1) is 21.3. The fraction of sp³-hybridized carbons (Fsp3) is 0.364. The standard InChI is InChI=1S/C22H27NO5/c1-14(2)13-27-22(25)16(4)28-18-9-7-17(8-10-18)21(24)23-19-12-15(3)6-11-20(19)26-5/h6-12,14,16H,13H2,1-5H3,(H,23,24). The van der Waals surface area contributed by atoms with Gasteiger partial charge in [0.25, 0.3) is 5.91 Å². The molecule has 1 atom stereocenters. The van der Waals surface area contributed by atoms with Crippen LogP contribution >= 0.6 is 0 Å². The van der Waals surface area contributed by atoms with E-state index in [1.807, 2.05) is 39.0 Å². The summed E-state index contributed by atoms with van der Waals surface area (Å²) in [6.07, 6.45) is -0.727. The van der Waals surface area contributed by atoms with Crippen molar-refractivity contribution in [2.45, 2.75) is 33.8 Å². The van der Waals surface area contributed by atoms with Crippen LogP contribution in [0.1, 0.15) is 36.7 Å². The number of rotatable bonds is 8. The summed E-state index contributed by atoms with van der Waals surface area (Å²) in [7, 11) is 1.56. The van der Waals surface area contributed by atoms with Crippen molar-refractivity contribution in [2.24, 2.45) is 5.92 Å². The fourth-order valence-corrected chi connectivity index (χ4v) is 2.42. The van der Waals surface area contributed by atoms with Crippen molar-refractivity contribution < 1.29 is 23.8 Å². The van der Waals surface area contributed by atoms with Gasteiger partial charge >= 0.3 is 5.97 Å². The Labute approximate surface area is 165 Å². The van der Waals surface area contributed by atoms with Gasteiger partial charge in [-0.1, -0.05) is 19.9 Å². The van der Waals surface area contributed by atoms with Gasteiger partial charge in [0.2, 0.25) is 0 Å². The first-order chi connectivity index (χ1) is 13.3. The molecular formula is C22H27NO5. The summed E-state index contributed by atoms with van der Waals surface area (Å²) in [5, 5.41) is 2.85. The summed E-state index contributed by atoms with van der Waals surface area (Å²) in [6.45, 7) is 7.86. The van der Waals surface area contributed by atoms with Crippen LogP contribution in [0, 0.1) is 12.8 Å². The largest absolute Gasteiger partial charge is 0.495 e. The van der Waals surface area contributed by atoms with Gasteiger partial charge in [0.05, 0.1) is 19.4 Å². The zero-order chi connectivity index (χ0) is 20.7. The maximum absolute atomic E-state index is 12.5.